The van der Waals surface area contributed by atoms with Gasteiger partial charge in [-0.05, 0) is 52.1 Å². The van der Waals surface area contributed by atoms with Crippen LogP contribution in [0.5, 0.6) is 0 Å². The lowest BCUT2D eigenvalue weighted by Crippen LogP contribution is -2.36. The van der Waals surface area contributed by atoms with Gasteiger partial charge < -0.3 is 5.73 Å². The molecule has 0 unspecified atom stereocenters. The number of hydrogen-bond donors (Lipinski definition) is 1. The van der Waals surface area contributed by atoms with E-state index in [0.717, 1.165) is 25.8 Å². The zero-order valence-electron chi connectivity index (χ0n) is 9.63. The quantitative estimate of drug-likeness (QED) is 0.633. The summed E-state index contributed by atoms with van der Waals surface area (Å²) in [4.78, 5) is 35.6. The van der Waals surface area contributed by atoms with Crippen molar-refractivity contribution in [3.8, 4) is 0 Å². The highest BCUT2D eigenvalue weighted by Crippen LogP contribution is 2.32. The second-order valence-electron chi connectivity index (χ2n) is 3.76. The molecule has 1 aromatic carbocycles. The Bertz CT molecular complexity index is 600. The van der Waals surface area contributed by atoms with Crippen LogP contribution in [0.4, 0.5) is 4.79 Å². The average Bonchev–Trinajstić information content (AvgIpc) is 2.60. The topological polar surface area (TPSA) is 80.5 Å². The molecule has 7 heteroatoms. The summed E-state index contributed by atoms with van der Waals surface area (Å²) in [5.41, 5.74) is 5.86. The van der Waals surface area contributed by atoms with Gasteiger partial charge in [-0.2, -0.15) is 0 Å². The van der Waals surface area contributed by atoms with Crippen molar-refractivity contribution in [1.29, 1.82) is 0 Å². The molecule has 5 nitrogen and oxygen atoms in total. The van der Waals surface area contributed by atoms with E-state index < -0.39 is 17.1 Å². The Labute approximate surface area is 127 Å². The van der Waals surface area contributed by atoms with Gasteiger partial charge in [0.1, 0.15) is 6.54 Å². The molecule has 3 amide bonds. The van der Waals surface area contributed by atoms with Crippen LogP contribution in [-0.2, 0) is 9.59 Å². The number of benzene rings is 1. The number of primary amides is 1. The van der Waals surface area contributed by atoms with Gasteiger partial charge in [0.25, 0.3) is 11.1 Å². The second kappa shape index (κ2) is 5.74. The van der Waals surface area contributed by atoms with Gasteiger partial charge in [-0.25, -0.2) is 0 Å². The van der Waals surface area contributed by atoms with Crippen LogP contribution in [0, 0.1) is 3.57 Å². The molecule has 0 atom stereocenters. The Morgan fingerprint density at radius 1 is 1.37 bits per heavy atom. The number of carbonyl (C=O) groups is 3. The highest BCUT2D eigenvalue weighted by Gasteiger charge is 2.35. The van der Waals surface area contributed by atoms with Crippen molar-refractivity contribution in [3.05, 3.63) is 38.3 Å². The lowest BCUT2D eigenvalue weighted by atomic mass is 10.2. The molecule has 1 heterocycles. The average molecular weight is 388 g/mol. The Balaban J connectivity index is 2.28. The van der Waals surface area contributed by atoms with Crippen LogP contribution < -0.4 is 5.73 Å². The van der Waals surface area contributed by atoms with E-state index in [2.05, 4.69) is 22.6 Å². The van der Waals surface area contributed by atoms with Gasteiger partial charge in [0, 0.05) is 3.57 Å². The maximum Gasteiger partial charge on any atom is 0.294 e. The number of halogens is 1. The van der Waals surface area contributed by atoms with Crippen LogP contribution in [0.3, 0.4) is 0 Å². The lowest BCUT2D eigenvalue weighted by molar-refractivity contribution is -0.127. The van der Waals surface area contributed by atoms with E-state index in [1.807, 2.05) is 24.3 Å². The monoisotopic (exact) mass is 388 g/mol. The maximum atomic E-state index is 12.0. The zero-order chi connectivity index (χ0) is 14.0. The number of carbonyl (C=O) groups excluding carboxylic acids is 3. The SMILES string of the molecule is NC(=O)CN1C(=O)S/C(=C\c2ccccc2I)C1=O. The van der Waals surface area contributed by atoms with Crippen LogP contribution in [-0.4, -0.2) is 28.5 Å². The van der Waals surface area contributed by atoms with Gasteiger partial charge in [0.2, 0.25) is 5.91 Å². The minimum atomic E-state index is -0.710. The van der Waals surface area contributed by atoms with Gasteiger partial charge in [-0.1, -0.05) is 18.2 Å². The van der Waals surface area contributed by atoms with Crippen molar-refractivity contribution >= 4 is 57.5 Å². The summed E-state index contributed by atoms with van der Waals surface area (Å²) in [6, 6.07) is 7.49. The standard InChI is InChI=1S/C12H9IN2O3S/c13-8-4-2-1-3-7(8)5-9-11(17)15(6-10(14)16)12(18)19-9/h1-5H,6H2,(H2,14,16)/b9-5-. The van der Waals surface area contributed by atoms with Crippen molar-refractivity contribution in [2.75, 3.05) is 6.54 Å². The molecule has 0 saturated carbocycles. The fourth-order valence-corrected chi connectivity index (χ4v) is 2.90. The number of nitrogens with zero attached hydrogens (tertiary/aromatic N) is 1. The van der Waals surface area contributed by atoms with Crippen LogP contribution in [0.1, 0.15) is 5.56 Å². The molecule has 0 aromatic heterocycles. The molecule has 1 aliphatic rings. The zero-order valence-corrected chi connectivity index (χ0v) is 12.6. The molecule has 0 spiro atoms. The van der Waals surface area contributed by atoms with E-state index in [1.54, 1.807) is 6.08 Å². The number of imide groups is 1. The van der Waals surface area contributed by atoms with Crippen molar-refractivity contribution < 1.29 is 14.4 Å². The first-order chi connectivity index (χ1) is 8.99. The maximum absolute atomic E-state index is 12.0. The van der Waals surface area contributed by atoms with Crippen LogP contribution >= 0.6 is 34.4 Å². The van der Waals surface area contributed by atoms with E-state index in [-0.39, 0.29) is 6.54 Å². The van der Waals surface area contributed by atoms with Crippen molar-refractivity contribution in [2.45, 2.75) is 0 Å². The molecule has 1 aliphatic heterocycles. The lowest BCUT2D eigenvalue weighted by Gasteiger charge is -2.08. The smallest absolute Gasteiger partial charge is 0.294 e. The van der Waals surface area contributed by atoms with Gasteiger partial charge in [-0.3, -0.25) is 19.3 Å². The van der Waals surface area contributed by atoms with E-state index in [0.29, 0.717) is 4.91 Å². The van der Waals surface area contributed by atoms with Crippen molar-refractivity contribution in [3.63, 3.8) is 0 Å². The van der Waals surface area contributed by atoms with Crippen molar-refractivity contribution in [1.82, 2.24) is 4.90 Å². The first-order valence-corrected chi connectivity index (χ1v) is 7.17. The molecule has 2 rings (SSSR count). The van der Waals surface area contributed by atoms with Gasteiger partial charge >= 0.3 is 0 Å². The minimum absolute atomic E-state index is 0.301. The Morgan fingerprint density at radius 2 is 2.05 bits per heavy atom. The van der Waals surface area contributed by atoms with E-state index in [9.17, 15) is 14.4 Å². The fourth-order valence-electron chi connectivity index (χ4n) is 1.53. The van der Waals surface area contributed by atoms with Crippen LogP contribution in [0.15, 0.2) is 29.2 Å². The summed E-state index contributed by atoms with van der Waals surface area (Å²) in [5.74, 6) is -1.19. The van der Waals surface area contributed by atoms with E-state index in [4.69, 9.17) is 5.73 Å². The third-order valence-corrected chi connectivity index (χ3v) is 4.27. The molecule has 2 N–H and O–H groups in total. The summed E-state index contributed by atoms with van der Waals surface area (Å²) in [6.07, 6.45) is 1.65. The molecule has 0 aliphatic carbocycles. The first kappa shape index (κ1) is 14.1. The van der Waals surface area contributed by atoms with Crippen LogP contribution in [0.2, 0.25) is 0 Å². The van der Waals surface area contributed by atoms with Crippen molar-refractivity contribution in [2.24, 2.45) is 5.73 Å². The predicted molar refractivity (Wildman–Crippen MR) is 81.0 cm³/mol. The Kier molecular flexibility index (Phi) is 4.25. The Morgan fingerprint density at radius 3 is 2.68 bits per heavy atom. The third kappa shape index (κ3) is 3.16. The molecule has 98 valence electrons. The summed E-state index contributed by atoms with van der Waals surface area (Å²) in [6.45, 7) is -0.381. The van der Waals surface area contributed by atoms with Gasteiger partial charge in [-0.15, -0.1) is 0 Å². The summed E-state index contributed by atoms with van der Waals surface area (Å²) < 4.78 is 0.974. The normalized spacial score (nSPS) is 17.3. The number of thioether (sulfide) groups is 1. The summed E-state index contributed by atoms with van der Waals surface area (Å²) in [5, 5.41) is -0.471. The highest BCUT2D eigenvalue weighted by molar-refractivity contribution is 14.1. The predicted octanol–water partition coefficient (Wildman–Crippen LogP) is 1.81. The molecular weight excluding hydrogens is 379 g/mol. The molecule has 0 radical (unpaired) electrons. The molecular formula is C12H9IN2O3S. The largest absolute Gasteiger partial charge is 0.368 e. The molecule has 1 aromatic rings. The second-order valence-corrected chi connectivity index (χ2v) is 5.91. The molecule has 1 saturated heterocycles. The van der Waals surface area contributed by atoms with E-state index >= 15 is 0 Å². The summed E-state index contributed by atoms with van der Waals surface area (Å²) in [7, 11) is 0. The van der Waals surface area contributed by atoms with Gasteiger partial charge in [0.05, 0.1) is 4.91 Å². The van der Waals surface area contributed by atoms with Gasteiger partial charge in [0.15, 0.2) is 0 Å². The fraction of sp³-hybridized carbons (Fsp3) is 0.0833. The first-order valence-electron chi connectivity index (χ1n) is 5.27. The molecule has 0 bridgehead atoms. The summed E-state index contributed by atoms with van der Waals surface area (Å²) >= 11 is 2.96. The number of nitrogens with two attached hydrogens (primary N) is 1. The third-order valence-electron chi connectivity index (χ3n) is 2.38. The number of amides is 3. The molecule has 1 fully saturated rings. The molecule has 19 heavy (non-hydrogen) atoms. The van der Waals surface area contributed by atoms with E-state index in [1.165, 1.54) is 0 Å². The number of hydrogen-bond acceptors (Lipinski definition) is 4. The van der Waals surface area contributed by atoms with Crippen LogP contribution in [0.25, 0.3) is 6.08 Å². The highest BCUT2D eigenvalue weighted by atomic mass is 127. The Hall–Kier alpha value is -1.35. The minimum Gasteiger partial charge on any atom is -0.368 e. The number of rotatable bonds is 3.